The molecule has 2 atom stereocenters. The van der Waals surface area contributed by atoms with Crippen LogP contribution in [0.1, 0.15) is 58.4 Å². The second-order valence-electron chi connectivity index (χ2n) is 10.2. The lowest BCUT2D eigenvalue weighted by molar-refractivity contribution is -0.132. The first kappa shape index (κ1) is 24.5. The fourth-order valence-electron chi connectivity index (χ4n) is 4.70. The van der Waals surface area contributed by atoms with Crippen LogP contribution in [0.2, 0.25) is 0 Å². The molecule has 3 rings (SSSR count). The number of piperidine rings is 2. The molecule has 180 valence electrons. The van der Waals surface area contributed by atoms with Crippen molar-refractivity contribution in [2.75, 3.05) is 39.3 Å². The van der Waals surface area contributed by atoms with Crippen molar-refractivity contribution in [1.29, 1.82) is 0 Å². The van der Waals surface area contributed by atoms with Crippen molar-refractivity contribution in [3.63, 3.8) is 0 Å². The number of carbonyl (C=O) groups excluding carboxylic acids is 2. The second kappa shape index (κ2) is 10.7. The van der Waals surface area contributed by atoms with Crippen molar-refractivity contribution in [2.24, 2.45) is 18.9 Å². The fraction of sp³-hybridized carbons (Fsp3) is 0.783. The summed E-state index contributed by atoms with van der Waals surface area (Å²) in [5.41, 5.74) is -0.579. The summed E-state index contributed by atoms with van der Waals surface area (Å²) >= 11 is 0. The standard InChI is InChI=1S/C23H39N5O4/c1-23(2,3)32-22(31)25-14-19(29)28-10-5-6-17(16-28)15-27-11-7-18(8-12-27)20(30)21-24-9-13-26(21)4/h9,13,17-18,20,30H,5-8,10-12,14-16H2,1-4H3,(H,25,31). The lowest BCUT2D eigenvalue weighted by Gasteiger charge is -2.39. The number of imidazole rings is 1. The molecule has 32 heavy (non-hydrogen) atoms. The van der Waals surface area contributed by atoms with Gasteiger partial charge in [0.15, 0.2) is 0 Å². The Kier molecular flexibility index (Phi) is 8.16. The van der Waals surface area contributed by atoms with Crippen molar-refractivity contribution in [1.82, 2.24) is 24.7 Å². The Labute approximate surface area is 191 Å². The van der Waals surface area contributed by atoms with Crippen molar-refractivity contribution in [3.05, 3.63) is 18.2 Å². The molecule has 2 aliphatic heterocycles. The third-order valence-electron chi connectivity index (χ3n) is 6.37. The van der Waals surface area contributed by atoms with Crippen molar-refractivity contribution in [2.45, 2.75) is 58.2 Å². The van der Waals surface area contributed by atoms with E-state index in [1.54, 1.807) is 27.0 Å². The van der Waals surface area contributed by atoms with Gasteiger partial charge in [-0.05, 0) is 71.4 Å². The third kappa shape index (κ3) is 6.93. The summed E-state index contributed by atoms with van der Waals surface area (Å²) < 4.78 is 7.09. The summed E-state index contributed by atoms with van der Waals surface area (Å²) in [6.07, 6.45) is 6.51. The quantitative estimate of drug-likeness (QED) is 0.688. The van der Waals surface area contributed by atoms with Crippen LogP contribution in [0.15, 0.2) is 12.4 Å². The van der Waals surface area contributed by atoms with Crippen LogP contribution in [-0.2, 0) is 16.6 Å². The van der Waals surface area contributed by atoms with E-state index < -0.39 is 17.8 Å². The molecule has 0 aromatic carbocycles. The minimum Gasteiger partial charge on any atom is -0.444 e. The number of hydrogen-bond donors (Lipinski definition) is 2. The fourth-order valence-corrected chi connectivity index (χ4v) is 4.70. The molecule has 9 nitrogen and oxygen atoms in total. The number of ether oxygens (including phenoxy) is 1. The molecular formula is C23H39N5O4. The smallest absolute Gasteiger partial charge is 0.408 e. The van der Waals surface area contributed by atoms with Gasteiger partial charge in [0.2, 0.25) is 5.91 Å². The first-order valence-corrected chi connectivity index (χ1v) is 11.7. The summed E-state index contributed by atoms with van der Waals surface area (Å²) in [6.45, 7) is 9.71. The van der Waals surface area contributed by atoms with E-state index in [1.165, 1.54) is 0 Å². The van der Waals surface area contributed by atoms with E-state index in [9.17, 15) is 14.7 Å². The molecule has 9 heteroatoms. The van der Waals surface area contributed by atoms with Gasteiger partial charge in [-0.15, -0.1) is 0 Å². The highest BCUT2D eigenvalue weighted by molar-refractivity contribution is 5.82. The van der Waals surface area contributed by atoms with E-state index in [4.69, 9.17) is 4.74 Å². The van der Waals surface area contributed by atoms with E-state index in [0.29, 0.717) is 5.92 Å². The highest BCUT2D eigenvalue weighted by atomic mass is 16.6. The number of rotatable bonds is 6. The summed E-state index contributed by atoms with van der Waals surface area (Å²) in [4.78, 5) is 33.0. The maximum Gasteiger partial charge on any atom is 0.408 e. The monoisotopic (exact) mass is 449 g/mol. The van der Waals surface area contributed by atoms with E-state index in [-0.39, 0.29) is 18.4 Å². The predicted octanol–water partition coefficient (Wildman–Crippen LogP) is 1.93. The molecule has 0 bridgehead atoms. The molecule has 2 saturated heterocycles. The Morgan fingerprint density at radius 1 is 1.25 bits per heavy atom. The average Bonchev–Trinajstić information content (AvgIpc) is 3.17. The van der Waals surface area contributed by atoms with E-state index in [0.717, 1.165) is 64.2 Å². The van der Waals surface area contributed by atoms with Gasteiger partial charge in [-0.25, -0.2) is 9.78 Å². The van der Waals surface area contributed by atoms with Gasteiger partial charge in [-0.2, -0.15) is 0 Å². The van der Waals surface area contributed by atoms with Crippen LogP contribution >= 0.6 is 0 Å². The average molecular weight is 450 g/mol. The van der Waals surface area contributed by atoms with Gasteiger partial charge in [0.1, 0.15) is 24.1 Å². The molecular weight excluding hydrogens is 410 g/mol. The zero-order valence-corrected chi connectivity index (χ0v) is 19.9. The largest absolute Gasteiger partial charge is 0.444 e. The molecule has 2 aliphatic rings. The van der Waals surface area contributed by atoms with Crippen LogP contribution in [0.3, 0.4) is 0 Å². The van der Waals surface area contributed by atoms with Gasteiger partial charge in [0.25, 0.3) is 0 Å². The van der Waals surface area contributed by atoms with E-state index >= 15 is 0 Å². The molecule has 0 spiro atoms. The molecule has 0 radical (unpaired) electrons. The lowest BCUT2D eigenvalue weighted by Crippen LogP contribution is -2.48. The number of nitrogens with zero attached hydrogens (tertiary/aromatic N) is 4. The predicted molar refractivity (Wildman–Crippen MR) is 121 cm³/mol. The second-order valence-corrected chi connectivity index (χ2v) is 10.2. The Morgan fingerprint density at radius 3 is 2.59 bits per heavy atom. The molecule has 3 heterocycles. The zero-order valence-electron chi connectivity index (χ0n) is 19.9. The first-order valence-electron chi connectivity index (χ1n) is 11.7. The van der Waals surface area contributed by atoms with Crippen LogP contribution < -0.4 is 5.32 Å². The van der Waals surface area contributed by atoms with E-state index in [1.807, 2.05) is 22.7 Å². The number of nitrogens with one attached hydrogen (secondary N) is 1. The molecule has 2 fully saturated rings. The Bertz CT molecular complexity index is 767. The van der Waals surface area contributed by atoms with Gasteiger partial charge < -0.3 is 29.5 Å². The molecule has 2 amide bonds. The SMILES string of the molecule is Cn1ccnc1C(O)C1CCN(CC2CCCN(C(=O)CNC(=O)OC(C)(C)C)C2)CC1. The Morgan fingerprint density at radius 2 is 1.97 bits per heavy atom. The molecule has 0 saturated carbocycles. The number of carbonyl (C=O) groups is 2. The topological polar surface area (TPSA) is 99.9 Å². The van der Waals surface area contributed by atoms with Crippen LogP contribution in [0.4, 0.5) is 4.79 Å². The number of aliphatic hydroxyl groups excluding tert-OH is 1. The molecule has 2 N–H and O–H groups in total. The summed E-state index contributed by atoms with van der Waals surface area (Å²) in [5.74, 6) is 1.35. The van der Waals surface area contributed by atoms with Gasteiger partial charge in [0.05, 0.1) is 0 Å². The number of aliphatic hydroxyl groups is 1. The Balaban J connectivity index is 1.40. The normalized spacial score (nSPS) is 21.9. The maximum absolute atomic E-state index is 12.6. The van der Waals surface area contributed by atoms with Gasteiger partial charge in [-0.1, -0.05) is 0 Å². The first-order chi connectivity index (χ1) is 15.1. The molecule has 1 aromatic heterocycles. The molecule has 1 aromatic rings. The summed E-state index contributed by atoms with van der Waals surface area (Å²) in [5, 5.41) is 13.3. The number of likely N-dealkylation sites (tertiary alicyclic amines) is 2. The summed E-state index contributed by atoms with van der Waals surface area (Å²) in [6, 6.07) is 0. The van der Waals surface area contributed by atoms with Crippen molar-refractivity contribution >= 4 is 12.0 Å². The van der Waals surface area contributed by atoms with Crippen LogP contribution in [-0.4, -0.2) is 81.3 Å². The third-order valence-corrected chi connectivity index (χ3v) is 6.37. The van der Waals surface area contributed by atoms with Crippen molar-refractivity contribution in [3.8, 4) is 0 Å². The molecule has 0 aliphatic carbocycles. The van der Waals surface area contributed by atoms with Crippen LogP contribution in [0, 0.1) is 11.8 Å². The van der Waals surface area contributed by atoms with Gasteiger partial charge in [-0.3, -0.25) is 4.79 Å². The van der Waals surface area contributed by atoms with Gasteiger partial charge >= 0.3 is 6.09 Å². The molecule has 2 unspecified atom stereocenters. The minimum absolute atomic E-state index is 0.0297. The zero-order chi connectivity index (χ0) is 23.3. The highest BCUT2D eigenvalue weighted by Gasteiger charge is 2.31. The summed E-state index contributed by atoms with van der Waals surface area (Å²) in [7, 11) is 1.92. The van der Waals surface area contributed by atoms with Crippen LogP contribution in [0.25, 0.3) is 0 Å². The number of alkyl carbamates (subject to hydrolysis) is 1. The van der Waals surface area contributed by atoms with Crippen molar-refractivity contribution < 1.29 is 19.4 Å². The van der Waals surface area contributed by atoms with E-state index in [2.05, 4.69) is 15.2 Å². The maximum atomic E-state index is 12.6. The number of aryl methyl sites for hydroxylation is 1. The minimum atomic E-state index is -0.579. The Hall–Kier alpha value is -2.13. The van der Waals surface area contributed by atoms with Gasteiger partial charge in [0, 0.05) is 39.1 Å². The number of hydrogen-bond acceptors (Lipinski definition) is 6. The highest BCUT2D eigenvalue weighted by Crippen LogP contribution is 2.30. The number of amides is 2. The van der Waals surface area contributed by atoms with Crippen LogP contribution in [0.5, 0.6) is 0 Å². The number of aromatic nitrogens is 2. The lowest BCUT2D eigenvalue weighted by atomic mass is 9.89.